The largest absolute Gasteiger partial charge is 0.495 e. The number of carbonyl (C=O) groups excluding carboxylic acids is 2. The van der Waals surface area contributed by atoms with Crippen molar-refractivity contribution < 1.29 is 27.5 Å². The van der Waals surface area contributed by atoms with Gasteiger partial charge in [0.15, 0.2) is 5.82 Å². The Hall–Kier alpha value is -2.82. The Morgan fingerprint density at radius 3 is 2.43 bits per heavy atom. The molecule has 2 N–H and O–H groups in total. The van der Waals surface area contributed by atoms with Crippen molar-refractivity contribution in [3.8, 4) is 5.75 Å². The molecule has 150 valence electrons. The Labute approximate surface area is 163 Å². The first-order chi connectivity index (χ1) is 13.2. The first-order valence-corrected chi connectivity index (χ1v) is 9.03. The zero-order valence-electron chi connectivity index (χ0n) is 15.0. The molecule has 1 heterocycles. The number of nitrogens with one attached hydrogen (secondary N) is 2. The third-order valence-corrected chi connectivity index (χ3v) is 4.30. The maximum Gasteiger partial charge on any atom is 0.416 e. The second kappa shape index (κ2) is 9.40. The monoisotopic (exact) mass is 414 g/mol. The van der Waals surface area contributed by atoms with E-state index in [1.54, 1.807) is 13.0 Å². The van der Waals surface area contributed by atoms with E-state index in [0.29, 0.717) is 11.4 Å². The Bertz CT molecular complexity index is 845. The summed E-state index contributed by atoms with van der Waals surface area (Å²) in [5.74, 6) is -0.442. The standard InChI is InChI=1S/C17H17F3N4O3S/c1-3-14(25)22-13-6-7-16(24-23-13)28-9-15(26)21-11-8-10(17(18,19)20)4-5-12(11)27-2/h4-8H,3,9H2,1-2H3,(H,21,26)(H,22,23,25). The second-order valence-electron chi connectivity index (χ2n) is 5.41. The number of hydrogen-bond acceptors (Lipinski definition) is 6. The van der Waals surface area contributed by atoms with E-state index >= 15 is 0 Å². The van der Waals surface area contributed by atoms with Gasteiger partial charge in [0.2, 0.25) is 11.8 Å². The third-order valence-electron chi connectivity index (χ3n) is 3.38. The second-order valence-corrected chi connectivity index (χ2v) is 6.40. The highest BCUT2D eigenvalue weighted by molar-refractivity contribution is 7.99. The molecule has 0 aliphatic carbocycles. The van der Waals surface area contributed by atoms with Crippen molar-refractivity contribution in [1.82, 2.24) is 10.2 Å². The van der Waals surface area contributed by atoms with Crippen LogP contribution in [0.4, 0.5) is 24.7 Å². The molecule has 0 unspecified atom stereocenters. The molecular formula is C17H17F3N4O3S. The van der Waals surface area contributed by atoms with Crippen LogP contribution in [0.3, 0.4) is 0 Å². The van der Waals surface area contributed by atoms with Gasteiger partial charge in [-0.25, -0.2) is 0 Å². The summed E-state index contributed by atoms with van der Waals surface area (Å²) in [7, 11) is 1.29. The number of hydrogen-bond donors (Lipinski definition) is 2. The van der Waals surface area contributed by atoms with E-state index in [0.717, 1.165) is 30.0 Å². The van der Waals surface area contributed by atoms with Crippen molar-refractivity contribution in [2.75, 3.05) is 23.5 Å². The maximum atomic E-state index is 12.8. The molecule has 2 amide bonds. The fraction of sp³-hybridized carbons (Fsp3) is 0.294. The zero-order chi connectivity index (χ0) is 20.7. The van der Waals surface area contributed by atoms with Crippen LogP contribution in [0.1, 0.15) is 18.9 Å². The lowest BCUT2D eigenvalue weighted by Crippen LogP contribution is -2.16. The van der Waals surface area contributed by atoms with Gasteiger partial charge in [-0.15, -0.1) is 10.2 Å². The third kappa shape index (κ3) is 6.12. The van der Waals surface area contributed by atoms with Gasteiger partial charge in [0.25, 0.3) is 0 Å². The minimum atomic E-state index is -4.54. The van der Waals surface area contributed by atoms with E-state index in [9.17, 15) is 22.8 Å². The number of alkyl halides is 3. The number of halogens is 3. The lowest BCUT2D eigenvalue weighted by atomic mass is 10.2. The first kappa shape index (κ1) is 21.5. The number of aromatic nitrogens is 2. The number of anilines is 2. The van der Waals surface area contributed by atoms with Gasteiger partial charge >= 0.3 is 6.18 Å². The number of amides is 2. The van der Waals surface area contributed by atoms with E-state index < -0.39 is 17.6 Å². The van der Waals surface area contributed by atoms with E-state index in [2.05, 4.69) is 20.8 Å². The quantitative estimate of drug-likeness (QED) is 0.673. The molecule has 2 rings (SSSR count). The molecule has 0 fully saturated rings. The van der Waals surface area contributed by atoms with Crippen molar-refractivity contribution in [2.24, 2.45) is 0 Å². The predicted molar refractivity (Wildman–Crippen MR) is 98.3 cm³/mol. The van der Waals surface area contributed by atoms with E-state index in [1.807, 2.05) is 0 Å². The molecule has 0 atom stereocenters. The zero-order valence-corrected chi connectivity index (χ0v) is 15.8. The van der Waals surface area contributed by atoms with Crippen molar-refractivity contribution >= 4 is 35.1 Å². The number of nitrogens with zero attached hydrogens (tertiary/aromatic N) is 2. The molecule has 0 aliphatic rings. The number of thioether (sulfide) groups is 1. The van der Waals surface area contributed by atoms with Crippen LogP contribution in [-0.4, -0.2) is 34.9 Å². The Balaban J connectivity index is 1.98. The number of benzene rings is 1. The molecule has 7 nitrogen and oxygen atoms in total. The molecule has 1 aromatic heterocycles. The lowest BCUT2D eigenvalue weighted by molar-refractivity contribution is -0.137. The molecule has 0 bridgehead atoms. The molecule has 28 heavy (non-hydrogen) atoms. The summed E-state index contributed by atoms with van der Waals surface area (Å²) in [6, 6.07) is 5.93. The average Bonchev–Trinajstić information content (AvgIpc) is 2.66. The summed E-state index contributed by atoms with van der Waals surface area (Å²) in [6.45, 7) is 1.70. The van der Waals surface area contributed by atoms with Crippen LogP contribution in [0.5, 0.6) is 5.75 Å². The summed E-state index contributed by atoms with van der Waals surface area (Å²) >= 11 is 1.04. The van der Waals surface area contributed by atoms with Crippen LogP contribution in [0.25, 0.3) is 0 Å². The lowest BCUT2D eigenvalue weighted by Gasteiger charge is -2.13. The van der Waals surface area contributed by atoms with Crippen LogP contribution in [0.15, 0.2) is 35.4 Å². The molecule has 2 aromatic rings. The van der Waals surface area contributed by atoms with Crippen LogP contribution < -0.4 is 15.4 Å². The molecule has 0 radical (unpaired) electrons. The van der Waals surface area contributed by atoms with Crippen molar-refractivity contribution in [1.29, 1.82) is 0 Å². The summed E-state index contributed by atoms with van der Waals surface area (Å²) in [6.07, 6.45) is -4.23. The highest BCUT2D eigenvalue weighted by atomic mass is 32.2. The Kier molecular flexibility index (Phi) is 7.21. The fourth-order valence-corrected chi connectivity index (χ4v) is 2.62. The summed E-state index contributed by atoms with van der Waals surface area (Å²) in [5, 5.41) is 13.0. The van der Waals surface area contributed by atoms with Gasteiger partial charge in [-0.05, 0) is 30.3 Å². The average molecular weight is 414 g/mol. The predicted octanol–water partition coefficient (Wildman–Crippen LogP) is 3.58. The molecule has 0 saturated heterocycles. The van der Waals surface area contributed by atoms with Crippen LogP contribution in [-0.2, 0) is 15.8 Å². The van der Waals surface area contributed by atoms with Gasteiger partial charge in [0, 0.05) is 6.42 Å². The first-order valence-electron chi connectivity index (χ1n) is 8.04. The maximum absolute atomic E-state index is 12.8. The smallest absolute Gasteiger partial charge is 0.416 e. The molecular weight excluding hydrogens is 397 g/mol. The van der Waals surface area contributed by atoms with Gasteiger partial charge in [0.05, 0.1) is 24.1 Å². The summed E-state index contributed by atoms with van der Waals surface area (Å²) in [5.41, 5.74) is -0.974. The SMILES string of the molecule is CCC(=O)Nc1ccc(SCC(=O)Nc2cc(C(F)(F)F)ccc2OC)nn1. The molecule has 0 aliphatic heterocycles. The van der Waals surface area contributed by atoms with Gasteiger partial charge < -0.3 is 15.4 Å². The van der Waals surface area contributed by atoms with Gasteiger partial charge in [-0.1, -0.05) is 18.7 Å². The van der Waals surface area contributed by atoms with Crippen LogP contribution >= 0.6 is 11.8 Å². The number of ether oxygens (including phenoxy) is 1. The van der Waals surface area contributed by atoms with E-state index in [4.69, 9.17) is 4.74 Å². The highest BCUT2D eigenvalue weighted by Gasteiger charge is 2.31. The molecule has 11 heteroatoms. The normalized spacial score (nSPS) is 11.0. The van der Waals surface area contributed by atoms with E-state index in [-0.39, 0.29) is 28.9 Å². The van der Waals surface area contributed by atoms with Crippen LogP contribution in [0, 0.1) is 0 Å². The topological polar surface area (TPSA) is 93.2 Å². The summed E-state index contributed by atoms with van der Waals surface area (Å²) < 4.78 is 43.5. The molecule has 0 spiro atoms. The van der Waals surface area contributed by atoms with Crippen LogP contribution in [0.2, 0.25) is 0 Å². The minimum absolute atomic E-state index is 0.0772. The highest BCUT2D eigenvalue weighted by Crippen LogP contribution is 2.35. The molecule has 1 aromatic carbocycles. The van der Waals surface area contributed by atoms with Gasteiger partial charge in [0.1, 0.15) is 10.8 Å². The van der Waals surface area contributed by atoms with Crippen molar-refractivity contribution in [3.05, 3.63) is 35.9 Å². The number of rotatable bonds is 7. The van der Waals surface area contributed by atoms with Gasteiger partial charge in [-0.3, -0.25) is 9.59 Å². The number of carbonyl (C=O) groups is 2. The fourth-order valence-electron chi connectivity index (χ4n) is 2.00. The number of methoxy groups -OCH3 is 1. The summed E-state index contributed by atoms with van der Waals surface area (Å²) in [4.78, 5) is 23.4. The van der Waals surface area contributed by atoms with Crippen molar-refractivity contribution in [3.63, 3.8) is 0 Å². The minimum Gasteiger partial charge on any atom is -0.495 e. The molecule has 0 saturated carbocycles. The van der Waals surface area contributed by atoms with Gasteiger partial charge in [-0.2, -0.15) is 13.2 Å². The Morgan fingerprint density at radius 2 is 1.86 bits per heavy atom. The van der Waals surface area contributed by atoms with Crippen molar-refractivity contribution in [2.45, 2.75) is 24.5 Å². The van der Waals surface area contributed by atoms with E-state index in [1.165, 1.54) is 13.2 Å². The Morgan fingerprint density at radius 1 is 1.11 bits per heavy atom.